The van der Waals surface area contributed by atoms with Crippen LogP contribution in [0.4, 0.5) is 5.69 Å². The average Bonchev–Trinajstić information content (AvgIpc) is 2.55. The van der Waals surface area contributed by atoms with Crippen molar-refractivity contribution < 1.29 is 4.74 Å². The van der Waals surface area contributed by atoms with Gasteiger partial charge in [0.1, 0.15) is 6.10 Å². The van der Waals surface area contributed by atoms with E-state index in [4.69, 9.17) is 4.74 Å². The van der Waals surface area contributed by atoms with Crippen LogP contribution in [0.3, 0.4) is 0 Å². The molecular weight excluding hydrogens is 198 g/mol. The largest absolute Gasteiger partial charge is 0.476 e. The molecule has 1 atom stereocenters. The second-order valence-corrected chi connectivity index (χ2v) is 4.86. The van der Waals surface area contributed by atoms with E-state index in [1.807, 2.05) is 0 Å². The lowest BCUT2D eigenvalue weighted by atomic mass is 10.00. The van der Waals surface area contributed by atoms with Crippen molar-refractivity contribution in [3.63, 3.8) is 0 Å². The molecule has 2 aliphatic rings. The predicted octanol–water partition coefficient (Wildman–Crippen LogP) is 2.79. The van der Waals surface area contributed by atoms with Gasteiger partial charge in [0.25, 0.3) is 0 Å². The van der Waals surface area contributed by atoms with Crippen LogP contribution in [0.25, 0.3) is 0 Å². The lowest BCUT2D eigenvalue weighted by molar-refractivity contribution is 0.132. The molecule has 0 spiro atoms. The van der Waals surface area contributed by atoms with Gasteiger partial charge in [-0.2, -0.15) is 0 Å². The molecule has 0 amide bonds. The van der Waals surface area contributed by atoms with Crippen LogP contribution in [-0.2, 0) is 17.6 Å². The molecule has 0 saturated heterocycles. The maximum atomic E-state index is 5.80. The summed E-state index contributed by atoms with van der Waals surface area (Å²) < 4.78 is 5.80. The second kappa shape index (κ2) is 3.27. The topological polar surface area (TPSA) is 12.5 Å². The van der Waals surface area contributed by atoms with Crippen LogP contribution in [0, 0.1) is 6.92 Å². The van der Waals surface area contributed by atoms with Gasteiger partial charge in [0.15, 0.2) is 5.88 Å². The molecule has 3 rings (SSSR count). The first-order valence-corrected chi connectivity index (χ1v) is 5.90. The van der Waals surface area contributed by atoms with Crippen LogP contribution in [-0.4, -0.2) is 12.6 Å². The highest BCUT2D eigenvalue weighted by atomic mass is 16.5. The molecule has 1 aromatic carbocycles. The summed E-state index contributed by atoms with van der Waals surface area (Å²) in [5, 5.41) is 0. The van der Waals surface area contributed by atoms with Gasteiger partial charge in [0.05, 0.1) is 5.69 Å². The molecule has 0 N–H and O–H groups in total. The Bertz CT molecular complexity index is 464. The molecular formula is C14H17NO. The Balaban J connectivity index is 2.20. The molecule has 2 nitrogen and oxygen atoms in total. The van der Waals surface area contributed by atoms with Gasteiger partial charge in [-0.05, 0) is 38.0 Å². The molecule has 16 heavy (non-hydrogen) atoms. The normalized spacial score (nSPS) is 22.8. The summed E-state index contributed by atoms with van der Waals surface area (Å²) in [6.07, 6.45) is 2.32. The van der Waals surface area contributed by atoms with E-state index in [0.29, 0.717) is 0 Å². The minimum Gasteiger partial charge on any atom is -0.476 e. The Morgan fingerprint density at radius 1 is 1.38 bits per heavy atom. The van der Waals surface area contributed by atoms with Crippen molar-refractivity contribution in [2.75, 3.05) is 11.4 Å². The van der Waals surface area contributed by atoms with E-state index in [9.17, 15) is 0 Å². The second-order valence-electron chi connectivity index (χ2n) is 4.86. The van der Waals surface area contributed by atoms with Crippen molar-refractivity contribution in [1.29, 1.82) is 0 Å². The molecule has 2 heterocycles. The van der Waals surface area contributed by atoms with Gasteiger partial charge in [0.2, 0.25) is 0 Å². The van der Waals surface area contributed by atoms with E-state index in [-0.39, 0.29) is 6.10 Å². The lowest BCUT2D eigenvalue weighted by Gasteiger charge is -2.21. The monoisotopic (exact) mass is 215 g/mol. The first-order chi connectivity index (χ1) is 7.65. The fraction of sp³-hybridized carbons (Fsp3) is 0.429. The van der Waals surface area contributed by atoms with Gasteiger partial charge in [0, 0.05) is 13.0 Å². The van der Waals surface area contributed by atoms with Gasteiger partial charge in [-0.15, -0.1) is 0 Å². The number of nitrogens with zero attached hydrogens (tertiary/aromatic N) is 1. The van der Waals surface area contributed by atoms with E-state index in [1.54, 1.807) is 0 Å². The van der Waals surface area contributed by atoms with E-state index >= 15 is 0 Å². The van der Waals surface area contributed by atoms with Gasteiger partial charge < -0.3 is 9.64 Å². The highest BCUT2D eigenvalue weighted by Gasteiger charge is 2.29. The quantitative estimate of drug-likeness (QED) is 0.660. The molecule has 0 aliphatic carbocycles. The third-order valence-corrected chi connectivity index (χ3v) is 3.43. The maximum absolute atomic E-state index is 5.80. The summed E-state index contributed by atoms with van der Waals surface area (Å²) in [7, 11) is 0. The third kappa shape index (κ3) is 1.33. The van der Waals surface area contributed by atoms with Crippen LogP contribution in [0.15, 0.2) is 24.6 Å². The van der Waals surface area contributed by atoms with E-state index in [0.717, 1.165) is 25.3 Å². The molecule has 2 heteroatoms. The average molecular weight is 215 g/mol. The van der Waals surface area contributed by atoms with E-state index in [1.165, 1.54) is 22.4 Å². The number of aryl methyl sites for hydroxylation is 1. The lowest BCUT2D eigenvalue weighted by Crippen LogP contribution is -2.21. The summed E-state index contributed by atoms with van der Waals surface area (Å²) in [6, 6.07) is 4.58. The standard InChI is InChI=1S/C14H17NO/c1-9-6-12-4-5-15-11(3)16-10(2)8-13(7-9)14(12)15/h6-7,10H,3-5,8H2,1-2H3. The number of rotatable bonds is 0. The van der Waals surface area contributed by atoms with E-state index < -0.39 is 0 Å². The Kier molecular flexibility index (Phi) is 2.00. The number of ether oxygens (including phenoxy) is 1. The first kappa shape index (κ1) is 9.76. The number of hydrogen-bond donors (Lipinski definition) is 0. The number of hydrogen-bond acceptors (Lipinski definition) is 2. The molecule has 0 fully saturated rings. The van der Waals surface area contributed by atoms with Crippen LogP contribution >= 0.6 is 0 Å². The Morgan fingerprint density at radius 3 is 2.94 bits per heavy atom. The van der Waals surface area contributed by atoms with Crippen LogP contribution in [0.1, 0.15) is 23.6 Å². The minimum atomic E-state index is 0.226. The van der Waals surface area contributed by atoms with Crippen molar-refractivity contribution in [2.45, 2.75) is 32.8 Å². The summed E-state index contributed by atoms with van der Waals surface area (Å²) in [5.74, 6) is 0.814. The molecule has 2 aliphatic heterocycles. The first-order valence-electron chi connectivity index (χ1n) is 5.90. The fourth-order valence-electron chi connectivity index (χ4n) is 2.87. The summed E-state index contributed by atoms with van der Waals surface area (Å²) in [6.45, 7) is 9.33. The highest BCUT2D eigenvalue weighted by molar-refractivity contribution is 5.67. The van der Waals surface area contributed by atoms with Crippen molar-refractivity contribution in [3.8, 4) is 0 Å². The molecule has 0 aromatic heterocycles. The van der Waals surface area contributed by atoms with Gasteiger partial charge in [-0.1, -0.05) is 17.7 Å². The maximum Gasteiger partial charge on any atom is 0.186 e. The van der Waals surface area contributed by atoms with Gasteiger partial charge >= 0.3 is 0 Å². The molecule has 0 bridgehead atoms. The van der Waals surface area contributed by atoms with Crippen molar-refractivity contribution >= 4 is 5.69 Å². The van der Waals surface area contributed by atoms with Crippen LogP contribution in [0.2, 0.25) is 0 Å². The number of benzene rings is 1. The Hall–Kier alpha value is -1.44. The van der Waals surface area contributed by atoms with Gasteiger partial charge in [-0.3, -0.25) is 0 Å². The zero-order chi connectivity index (χ0) is 11.3. The molecule has 0 saturated carbocycles. The zero-order valence-electron chi connectivity index (χ0n) is 9.92. The third-order valence-electron chi connectivity index (χ3n) is 3.43. The van der Waals surface area contributed by atoms with Crippen molar-refractivity contribution in [3.05, 3.63) is 41.3 Å². The molecule has 0 radical (unpaired) electrons. The fourth-order valence-corrected chi connectivity index (χ4v) is 2.87. The Labute approximate surface area is 96.5 Å². The Morgan fingerprint density at radius 2 is 2.12 bits per heavy atom. The van der Waals surface area contributed by atoms with Crippen molar-refractivity contribution in [2.24, 2.45) is 0 Å². The summed E-state index contributed by atoms with van der Waals surface area (Å²) in [4.78, 5) is 2.23. The SMILES string of the molecule is C=C1OC(C)Cc2cc(C)cc3c2N1CC3. The minimum absolute atomic E-state index is 0.226. The molecule has 1 aromatic rings. The number of anilines is 1. The van der Waals surface area contributed by atoms with Crippen LogP contribution in [0.5, 0.6) is 0 Å². The smallest absolute Gasteiger partial charge is 0.186 e. The predicted molar refractivity (Wildman–Crippen MR) is 65.6 cm³/mol. The van der Waals surface area contributed by atoms with Gasteiger partial charge in [-0.25, -0.2) is 0 Å². The highest BCUT2D eigenvalue weighted by Crippen LogP contribution is 2.38. The summed E-state index contributed by atoms with van der Waals surface area (Å²) in [5.41, 5.74) is 5.59. The van der Waals surface area contributed by atoms with Crippen LogP contribution < -0.4 is 4.90 Å². The van der Waals surface area contributed by atoms with E-state index in [2.05, 4.69) is 37.5 Å². The van der Waals surface area contributed by atoms with Crippen molar-refractivity contribution in [1.82, 2.24) is 0 Å². The molecule has 84 valence electrons. The molecule has 1 unspecified atom stereocenters. The zero-order valence-corrected chi connectivity index (χ0v) is 9.92. The summed E-state index contributed by atoms with van der Waals surface area (Å²) >= 11 is 0.